The van der Waals surface area contributed by atoms with Gasteiger partial charge in [-0.15, -0.1) is 0 Å². The maximum Gasteiger partial charge on any atom is 0.253 e. The van der Waals surface area contributed by atoms with Gasteiger partial charge in [-0.3, -0.25) is 4.79 Å². The van der Waals surface area contributed by atoms with Crippen LogP contribution in [0, 0.1) is 5.92 Å². The quantitative estimate of drug-likeness (QED) is 0.325. The van der Waals surface area contributed by atoms with E-state index in [9.17, 15) is 4.79 Å². The number of amides is 1. The number of halogens is 3. The number of likely N-dealkylation sites (tertiary alicyclic amines) is 1. The summed E-state index contributed by atoms with van der Waals surface area (Å²) in [6, 6.07) is 17.1. The van der Waals surface area contributed by atoms with E-state index in [0.29, 0.717) is 39.6 Å². The molecule has 0 N–H and O–H groups in total. The molecule has 1 saturated heterocycles. The third kappa shape index (κ3) is 6.51. The van der Waals surface area contributed by atoms with Gasteiger partial charge in [-0.25, -0.2) is 4.98 Å². The lowest BCUT2D eigenvalue weighted by molar-refractivity contribution is 0.0769. The topological polar surface area (TPSA) is 45.7 Å². The van der Waals surface area contributed by atoms with Crippen LogP contribution in [0.3, 0.4) is 0 Å². The zero-order valence-electron chi connectivity index (χ0n) is 20.6. The highest BCUT2D eigenvalue weighted by Gasteiger charge is 2.40. The largest absolute Gasteiger partial charge is 0.474 e. The smallest absolute Gasteiger partial charge is 0.253 e. The van der Waals surface area contributed by atoms with Crippen molar-refractivity contribution in [3.63, 3.8) is 0 Å². The number of benzene rings is 2. The van der Waals surface area contributed by atoms with Crippen LogP contribution >= 0.6 is 34.8 Å². The molecule has 0 spiro atoms. The van der Waals surface area contributed by atoms with Crippen LogP contribution in [-0.2, 0) is 6.42 Å². The normalized spacial score (nSPS) is 18.5. The zero-order valence-corrected chi connectivity index (χ0v) is 22.9. The molecule has 1 aliphatic heterocycles. The highest BCUT2D eigenvalue weighted by Crippen LogP contribution is 2.38. The lowest BCUT2D eigenvalue weighted by Gasteiger charge is -2.25. The van der Waals surface area contributed by atoms with E-state index in [1.165, 1.54) is 5.56 Å². The van der Waals surface area contributed by atoms with Crippen molar-refractivity contribution in [2.75, 3.05) is 33.7 Å². The summed E-state index contributed by atoms with van der Waals surface area (Å²) >= 11 is 18.5. The molecule has 1 aliphatic rings. The van der Waals surface area contributed by atoms with Crippen molar-refractivity contribution in [1.82, 2.24) is 14.8 Å². The average molecular weight is 547 g/mol. The van der Waals surface area contributed by atoms with Gasteiger partial charge in [-0.05, 0) is 68.9 Å². The summed E-state index contributed by atoms with van der Waals surface area (Å²) in [6.07, 6.45) is 2.30. The van der Waals surface area contributed by atoms with E-state index in [2.05, 4.69) is 24.0 Å². The highest BCUT2D eigenvalue weighted by molar-refractivity contribution is 6.42. The van der Waals surface area contributed by atoms with Crippen LogP contribution in [-0.4, -0.2) is 60.5 Å². The SMILES string of the molecule is CC(Oc1ccc(Cl)cn1)C1CN(C(=O)c2ccc(CCN(C)C)cc2)C[C@H]1c1ccc(Cl)c(Cl)c1. The minimum atomic E-state index is -0.204. The van der Waals surface area contributed by atoms with E-state index in [1.54, 1.807) is 24.4 Å². The second-order valence-corrected chi connectivity index (χ2v) is 10.8. The van der Waals surface area contributed by atoms with Gasteiger partial charge in [0.05, 0.1) is 15.1 Å². The number of aromatic nitrogens is 1. The molecule has 8 heteroatoms. The van der Waals surface area contributed by atoms with Crippen LogP contribution < -0.4 is 4.74 Å². The Morgan fingerprint density at radius 3 is 2.44 bits per heavy atom. The maximum absolute atomic E-state index is 13.5. The van der Waals surface area contributed by atoms with Gasteiger partial charge in [-0.2, -0.15) is 0 Å². The monoisotopic (exact) mass is 545 g/mol. The van der Waals surface area contributed by atoms with Crippen LogP contribution in [0.25, 0.3) is 0 Å². The molecule has 0 aliphatic carbocycles. The standard InChI is InChI=1S/C28H30Cl3N3O2/c1-18(36-27-11-9-22(29)15-32-27)23-16-34(17-24(23)21-8-10-25(30)26(31)14-21)28(35)20-6-4-19(5-7-20)12-13-33(2)3/h4-11,14-15,18,23-24H,12-13,16-17H2,1-3H3/t18?,23?,24-/m0/s1. The van der Waals surface area contributed by atoms with Gasteiger partial charge < -0.3 is 14.5 Å². The van der Waals surface area contributed by atoms with Crippen molar-refractivity contribution in [2.24, 2.45) is 5.92 Å². The minimum Gasteiger partial charge on any atom is -0.474 e. The average Bonchev–Trinajstić information content (AvgIpc) is 3.31. The third-order valence-electron chi connectivity index (χ3n) is 6.68. The number of rotatable bonds is 8. The zero-order chi connectivity index (χ0) is 25.8. The molecule has 0 saturated carbocycles. The second kappa shape index (κ2) is 11.8. The summed E-state index contributed by atoms with van der Waals surface area (Å²) in [5.41, 5.74) is 2.93. The lowest BCUT2D eigenvalue weighted by Crippen LogP contribution is -2.32. The molecule has 3 aromatic rings. The molecule has 2 unspecified atom stereocenters. The van der Waals surface area contributed by atoms with Gasteiger partial charge >= 0.3 is 0 Å². The number of likely N-dealkylation sites (N-methyl/N-ethyl adjacent to an activating group) is 1. The fraction of sp³-hybridized carbons (Fsp3) is 0.357. The summed E-state index contributed by atoms with van der Waals surface area (Å²) in [4.78, 5) is 21.8. The highest BCUT2D eigenvalue weighted by atomic mass is 35.5. The van der Waals surface area contributed by atoms with E-state index < -0.39 is 0 Å². The molecule has 0 radical (unpaired) electrons. The Balaban J connectivity index is 1.54. The van der Waals surface area contributed by atoms with Gasteiger partial charge in [-0.1, -0.05) is 53.0 Å². The molecule has 1 fully saturated rings. The van der Waals surface area contributed by atoms with Crippen molar-refractivity contribution in [3.8, 4) is 5.88 Å². The van der Waals surface area contributed by atoms with Crippen LogP contribution in [0.5, 0.6) is 5.88 Å². The van der Waals surface area contributed by atoms with Crippen molar-refractivity contribution >= 4 is 40.7 Å². The number of ether oxygens (including phenoxy) is 1. The van der Waals surface area contributed by atoms with E-state index in [4.69, 9.17) is 39.5 Å². The van der Waals surface area contributed by atoms with Gasteiger partial charge in [0.15, 0.2) is 0 Å². The van der Waals surface area contributed by atoms with Gasteiger partial charge in [0.1, 0.15) is 6.10 Å². The van der Waals surface area contributed by atoms with Crippen LogP contribution in [0.2, 0.25) is 15.1 Å². The molecule has 0 bridgehead atoms. The van der Waals surface area contributed by atoms with Crippen LogP contribution in [0.15, 0.2) is 60.8 Å². The molecule has 36 heavy (non-hydrogen) atoms. The Labute approximate surface area is 227 Å². The molecular weight excluding hydrogens is 517 g/mol. The van der Waals surface area contributed by atoms with Crippen LogP contribution in [0.1, 0.15) is 34.3 Å². The van der Waals surface area contributed by atoms with Crippen molar-refractivity contribution < 1.29 is 9.53 Å². The Hall–Kier alpha value is -2.31. The second-order valence-electron chi connectivity index (χ2n) is 9.54. The number of pyridine rings is 1. The molecule has 2 aromatic carbocycles. The first-order valence-corrected chi connectivity index (χ1v) is 13.1. The molecule has 2 heterocycles. The van der Waals surface area contributed by atoms with E-state index in [1.807, 2.05) is 48.2 Å². The molecule has 5 nitrogen and oxygen atoms in total. The molecule has 4 rings (SSSR count). The molecule has 190 valence electrons. The first-order valence-electron chi connectivity index (χ1n) is 12.0. The number of hydrogen-bond donors (Lipinski definition) is 0. The summed E-state index contributed by atoms with van der Waals surface area (Å²) in [5.74, 6) is 0.574. The van der Waals surface area contributed by atoms with Crippen molar-refractivity contribution in [3.05, 3.63) is 92.6 Å². The van der Waals surface area contributed by atoms with E-state index >= 15 is 0 Å². The fourth-order valence-corrected chi connectivity index (χ4v) is 5.04. The summed E-state index contributed by atoms with van der Waals surface area (Å²) < 4.78 is 6.18. The predicted octanol–water partition coefficient (Wildman–Crippen LogP) is 6.47. The molecule has 1 aromatic heterocycles. The number of carbonyl (C=O) groups excluding carboxylic acids is 1. The summed E-state index contributed by atoms with van der Waals surface area (Å²) in [6.45, 7) is 4.10. The van der Waals surface area contributed by atoms with E-state index in [-0.39, 0.29) is 23.8 Å². The number of nitrogens with zero attached hydrogens (tertiary/aromatic N) is 3. The Kier molecular flexibility index (Phi) is 8.78. The molecule has 1 amide bonds. The Morgan fingerprint density at radius 2 is 1.81 bits per heavy atom. The van der Waals surface area contributed by atoms with Gasteiger partial charge in [0.25, 0.3) is 5.91 Å². The van der Waals surface area contributed by atoms with Gasteiger partial charge in [0.2, 0.25) is 5.88 Å². The van der Waals surface area contributed by atoms with Crippen molar-refractivity contribution in [1.29, 1.82) is 0 Å². The fourth-order valence-electron chi connectivity index (χ4n) is 4.63. The predicted molar refractivity (Wildman–Crippen MR) is 147 cm³/mol. The van der Waals surface area contributed by atoms with Crippen LogP contribution in [0.4, 0.5) is 0 Å². The Bertz CT molecular complexity index is 1190. The number of hydrogen-bond acceptors (Lipinski definition) is 4. The third-order valence-corrected chi connectivity index (χ3v) is 7.65. The lowest BCUT2D eigenvalue weighted by atomic mass is 9.86. The first-order chi connectivity index (χ1) is 17.2. The Morgan fingerprint density at radius 1 is 1.06 bits per heavy atom. The van der Waals surface area contributed by atoms with Gasteiger partial charge in [0, 0.05) is 49.3 Å². The maximum atomic E-state index is 13.5. The van der Waals surface area contributed by atoms with Crippen molar-refractivity contribution in [2.45, 2.75) is 25.4 Å². The summed E-state index contributed by atoms with van der Waals surface area (Å²) in [7, 11) is 4.11. The molecular formula is C28H30Cl3N3O2. The summed E-state index contributed by atoms with van der Waals surface area (Å²) in [5, 5.41) is 1.56. The molecule has 3 atom stereocenters. The van der Waals surface area contributed by atoms with E-state index in [0.717, 1.165) is 18.5 Å². The first kappa shape index (κ1) is 26.7. The minimum absolute atomic E-state index is 0.0125. The number of carbonyl (C=O) groups is 1.